The van der Waals surface area contributed by atoms with Gasteiger partial charge in [-0.25, -0.2) is 9.97 Å². The number of thiophene rings is 1. The third-order valence-electron chi connectivity index (χ3n) is 5.72. The van der Waals surface area contributed by atoms with E-state index in [1.807, 2.05) is 49.8 Å². The van der Waals surface area contributed by atoms with E-state index in [0.717, 1.165) is 46.1 Å². The van der Waals surface area contributed by atoms with E-state index in [2.05, 4.69) is 32.7 Å². The van der Waals surface area contributed by atoms with Gasteiger partial charge in [-0.1, -0.05) is 18.2 Å². The first-order chi connectivity index (χ1) is 15.1. The van der Waals surface area contributed by atoms with Crippen molar-refractivity contribution in [2.24, 2.45) is 0 Å². The van der Waals surface area contributed by atoms with Crippen molar-refractivity contribution in [3.05, 3.63) is 75.5 Å². The molecule has 1 aliphatic rings. The molecule has 158 valence electrons. The molecule has 1 atom stereocenters. The van der Waals surface area contributed by atoms with Crippen molar-refractivity contribution in [2.45, 2.75) is 38.1 Å². The predicted molar refractivity (Wildman–Crippen MR) is 125 cm³/mol. The van der Waals surface area contributed by atoms with Crippen LogP contribution in [0.1, 0.15) is 57.1 Å². The Hall–Kier alpha value is -3.19. The number of nitrogens with zero attached hydrogens (tertiary/aromatic N) is 2. The van der Waals surface area contributed by atoms with Crippen molar-refractivity contribution >= 4 is 34.0 Å². The number of para-hydroxylation sites is 1. The summed E-state index contributed by atoms with van der Waals surface area (Å²) in [5.41, 5.74) is 3.77. The summed E-state index contributed by atoms with van der Waals surface area (Å²) >= 11 is 1.58. The van der Waals surface area contributed by atoms with Gasteiger partial charge in [-0.3, -0.25) is 4.79 Å². The Kier molecular flexibility index (Phi) is 5.19. The van der Waals surface area contributed by atoms with E-state index in [9.17, 15) is 4.79 Å². The van der Waals surface area contributed by atoms with Gasteiger partial charge in [0, 0.05) is 52.8 Å². The lowest BCUT2D eigenvalue weighted by molar-refractivity contribution is 0.0936. The van der Waals surface area contributed by atoms with Gasteiger partial charge < -0.3 is 15.6 Å². The number of hydrogen-bond acceptors (Lipinski definition) is 5. The predicted octanol–water partition coefficient (Wildman–Crippen LogP) is 4.96. The molecule has 1 aromatic carbocycles. The molecule has 0 spiro atoms. The Morgan fingerprint density at radius 3 is 2.84 bits per heavy atom. The number of carbonyl (C=O) groups is 1. The van der Waals surface area contributed by atoms with Gasteiger partial charge in [0.15, 0.2) is 0 Å². The van der Waals surface area contributed by atoms with Crippen molar-refractivity contribution in [3.63, 3.8) is 0 Å². The number of rotatable bonds is 7. The highest BCUT2D eigenvalue weighted by Gasteiger charge is 2.29. The highest BCUT2D eigenvalue weighted by molar-refractivity contribution is 7.10. The normalized spacial score (nSPS) is 14.5. The molecule has 3 aromatic heterocycles. The maximum absolute atomic E-state index is 13.0. The average molecular weight is 432 g/mol. The van der Waals surface area contributed by atoms with E-state index < -0.39 is 0 Å². The second-order valence-electron chi connectivity index (χ2n) is 8.10. The molecule has 1 saturated carbocycles. The lowest BCUT2D eigenvalue weighted by Crippen LogP contribution is -2.30. The van der Waals surface area contributed by atoms with E-state index in [4.69, 9.17) is 4.98 Å². The summed E-state index contributed by atoms with van der Waals surface area (Å²) < 4.78 is 0. The summed E-state index contributed by atoms with van der Waals surface area (Å²) in [6, 6.07) is 11.8. The Morgan fingerprint density at radius 2 is 2.10 bits per heavy atom. The maximum Gasteiger partial charge on any atom is 0.252 e. The number of aromatic amines is 1. The summed E-state index contributed by atoms with van der Waals surface area (Å²) in [6.07, 6.45) is 4.92. The molecule has 0 bridgehead atoms. The quantitative estimate of drug-likeness (QED) is 0.386. The number of hydrogen-bond donors (Lipinski definition) is 3. The molecular weight excluding hydrogens is 406 g/mol. The summed E-state index contributed by atoms with van der Waals surface area (Å²) in [5, 5.41) is 9.46. The number of fused-ring (bicyclic) bond motifs is 1. The fourth-order valence-electron chi connectivity index (χ4n) is 3.87. The molecule has 0 unspecified atom stereocenters. The van der Waals surface area contributed by atoms with E-state index in [1.165, 1.54) is 5.39 Å². The van der Waals surface area contributed by atoms with Gasteiger partial charge in [0.25, 0.3) is 5.91 Å². The molecule has 3 heterocycles. The highest BCUT2D eigenvalue weighted by Crippen LogP contribution is 2.39. The van der Waals surface area contributed by atoms with Crippen LogP contribution in [0.25, 0.3) is 10.9 Å². The molecule has 1 aliphatic carbocycles. The largest absolute Gasteiger partial charge is 0.373 e. The number of aromatic nitrogens is 3. The molecule has 7 heteroatoms. The number of amides is 1. The van der Waals surface area contributed by atoms with E-state index in [1.54, 1.807) is 11.3 Å². The Balaban J connectivity index is 1.52. The highest BCUT2D eigenvalue weighted by atomic mass is 32.1. The number of benzene rings is 1. The third kappa shape index (κ3) is 4.18. The summed E-state index contributed by atoms with van der Waals surface area (Å²) in [4.78, 5) is 27.0. The van der Waals surface area contributed by atoms with E-state index in [-0.39, 0.29) is 11.9 Å². The van der Waals surface area contributed by atoms with Crippen molar-refractivity contribution in [2.75, 3.05) is 12.4 Å². The topological polar surface area (TPSA) is 82.7 Å². The van der Waals surface area contributed by atoms with Crippen LogP contribution in [0.2, 0.25) is 0 Å². The molecule has 1 amide bonds. The molecule has 31 heavy (non-hydrogen) atoms. The molecule has 0 aliphatic heterocycles. The van der Waals surface area contributed by atoms with Crippen LogP contribution < -0.4 is 10.6 Å². The standard InChI is InChI=1S/C24H25N5OS/c1-14-9-17(13-31-14)24(30)28-20(10-16-12-26-19-6-4-3-5-18(16)19)21-11-22(25-2)29-23(27-21)15-7-8-15/h3-6,9,11-13,15,20,26H,7-8,10H2,1-2H3,(H,28,30)(H,25,27,29)/t20-/m1/s1. The SMILES string of the molecule is CNc1cc([C@@H](Cc2c[nH]c3ccccc23)NC(=O)c2csc(C)c2)nc(C2CC2)n1. The van der Waals surface area contributed by atoms with Crippen molar-refractivity contribution < 1.29 is 4.79 Å². The van der Waals surface area contributed by atoms with Crippen molar-refractivity contribution in [1.29, 1.82) is 0 Å². The number of carbonyl (C=O) groups excluding carboxylic acids is 1. The zero-order valence-corrected chi connectivity index (χ0v) is 18.4. The monoisotopic (exact) mass is 431 g/mol. The fourth-order valence-corrected chi connectivity index (χ4v) is 4.55. The molecule has 6 nitrogen and oxygen atoms in total. The zero-order chi connectivity index (χ0) is 21.4. The molecule has 3 N–H and O–H groups in total. The Morgan fingerprint density at radius 1 is 1.26 bits per heavy atom. The Bertz CT molecular complexity index is 1240. The van der Waals surface area contributed by atoms with Gasteiger partial charge in [0.2, 0.25) is 0 Å². The summed E-state index contributed by atoms with van der Waals surface area (Å²) in [5.74, 6) is 2.01. The van der Waals surface area contributed by atoms with Crippen LogP contribution >= 0.6 is 11.3 Å². The van der Waals surface area contributed by atoms with Crippen LogP contribution in [0.15, 0.2) is 48.0 Å². The van der Waals surface area contributed by atoms with Gasteiger partial charge in [-0.15, -0.1) is 11.3 Å². The molecule has 0 radical (unpaired) electrons. The average Bonchev–Trinajstić information content (AvgIpc) is 3.43. The number of anilines is 1. The van der Waals surface area contributed by atoms with E-state index >= 15 is 0 Å². The lowest BCUT2D eigenvalue weighted by Gasteiger charge is -2.19. The van der Waals surface area contributed by atoms with Crippen LogP contribution in [0, 0.1) is 6.92 Å². The molecule has 4 aromatic rings. The van der Waals surface area contributed by atoms with E-state index in [0.29, 0.717) is 17.9 Å². The fraction of sp³-hybridized carbons (Fsp3) is 0.292. The first-order valence-corrected chi connectivity index (χ1v) is 11.5. The number of H-pyrrole nitrogens is 1. The number of aryl methyl sites for hydroxylation is 1. The zero-order valence-electron chi connectivity index (χ0n) is 17.6. The van der Waals surface area contributed by atoms with Gasteiger partial charge in [0.1, 0.15) is 11.6 Å². The minimum absolute atomic E-state index is 0.0771. The van der Waals surface area contributed by atoms with Crippen LogP contribution in [-0.4, -0.2) is 27.9 Å². The van der Waals surface area contributed by atoms with Gasteiger partial charge in [-0.05, 0) is 37.5 Å². The second kappa shape index (κ2) is 8.15. The first-order valence-electron chi connectivity index (χ1n) is 10.6. The van der Waals surface area contributed by atoms with Crippen LogP contribution in [-0.2, 0) is 6.42 Å². The molecular formula is C24H25N5OS. The number of nitrogens with one attached hydrogen (secondary N) is 3. The maximum atomic E-state index is 13.0. The van der Waals surface area contributed by atoms with Gasteiger partial charge in [0.05, 0.1) is 17.3 Å². The Labute approximate surface area is 185 Å². The minimum atomic E-state index is -0.264. The van der Waals surface area contributed by atoms with Crippen LogP contribution in [0.3, 0.4) is 0 Å². The summed E-state index contributed by atoms with van der Waals surface area (Å²) in [7, 11) is 1.87. The summed E-state index contributed by atoms with van der Waals surface area (Å²) in [6.45, 7) is 2.01. The molecule has 0 saturated heterocycles. The van der Waals surface area contributed by atoms with Crippen LogP contribution in [0.5, 0.6) is 0 Å². The molecule has 1 fully saturated rings. The minimum Gasteiger partial charge on any atom is -0.373 e. The lowest BCUT2D eigenvalue weighted by atomic mass is 10.0. The van der Waals surface area contributed by atoms with Crippen LogP contribution in [0.4, 0.5) is 5.82 Å². The second-order valence-corrected chi connectivity index (χ2v) is 9.21. The van der Waals surface area contributed by atoms with Crippen molar-refractivity contribution in [3.8, 4) is 0 Å². The van der Waals surface area contributed by atoms with Crippen molar-refractivity contribution in [1.82, 2.24) is 20.3 Å². The smallest absolute Gasteiger partial charge is 0.252 e. The van der Waals surface area contributed by atoms with Gasteiger partial charge >= 0.3 is 0 Å². The third-order valence-corrected chi connectivity index (χ3v) is 6.58. The first kappa shape index (κ1) is 19.8. The molecule has 5 rings (SSSR count). The van der Waals surface area contributed by atoms with Gasteiger partial charge in [-0.2, -0.15) is 0 Å².